The van der Waals surface area contributed by atoms with Gasteiger partial charge in [-0.05, 0) is 31.9 Å². The molecule has 2 unspecified atom stereocenters. The number of fused-ring (bicyclic) bond motifs is 1. The summed E-state index contributed by atoms with van der Waals surface area (Å²) in [4.78, 5) is -1.39. The van der Waals surface area contributed by atoms with E-state index in [1.807, 2.05) is 12.1 Å². The highest BCUT2D eigenvalue weighted by molar-refractivity contribution is 5.66. The average molecular weight is 416 g/mol. The van der Waals surface area contributed by atoms with Gasteiger partial charge in [0.15, 0.2) is 0 Å². The van der Waals surface area contributed by atoms with Crippen molar-refractivity contribution in [2.45, 2.75) is 50.6 Å². The van der Waals surface area contributed by atoms with Gasteiger partial charge in [-0.25, -0.2) is 0 Å². The second-order valence-corrected chi connectivity index (χ2v) is 6.93. The molecule has 2 atom stereocenters. The Morgan fingerprint density at radius 1 is 1.11 bits per heavy atom. The van der Waals surface area contributed by atoms with Gasteiger partial charge in [-0.2, -0.15) is 22.0 Å². The minimum Gasteiger partial charge on any atom is -0.490 e. The smallest absolute Gasteiger partial charge is 0.467 e. The van der Waals surface area contributed by atoms with Crippen LogP contribution in [0.3, 0.4) is 0 Å². The largest absolute Gasteiger partial charge is 0.490 e. The molecule has 0 amide bonds. The van der Waals surface area contributed by atoms with Crippen LogP contribution in [0.2, 0.25) is 0 Å². The van der Waals surface area contributed by atoms with E-state index in [1.54, 1.807) is 18.2 Å². The van der Waals surface area contributed by atoms with Crippen molar-refractivity contribution in [2.24, 2.45) is 0 Å². The Balaban J connectivity index is 2.10. The number of hydrogen-bond donors (Lipinski definition) is 2. The molecule has 0 bridgehead atoms. The van der Waals surface area contributed by atoms with Crippen LogP contribution in [0.1, 0.15) is 25.0 Å². The fourth-order valence-corrected chi connectivity index (χ4v) is 2.99. The van der Waals surface area contributed by atoms with E-state index in [1.165, 1.54) is 0 Å². The Bertz CT molecular complexity index is 716. The molecular formula is C18H21F7NO2+. The molecule has 2 N–H and O–H groups in total. The number of aliphatic hydroxyl groups excluding tert-OH is 1. The highest BCUT2D eigenvalue weighted by Crippen LogP contribution is 2.43. The van der Waals surface area contributed by atoms with Crippen LogP contribution in [0.15, 0.2) is 24.3 Å². The lowest BCUT2D eigenvalue weighted by molar-refractivity contribution is -1.02. The van der Waals surface area contributed by atoms with Gasteiger partial charge in [0.1, 0.15) is 25.0 Å². The van der Waals surface area contributed by atoms with Crippen LogP contribution < -0.4 is 9.64 Å². The van der Waals surface area contributed by atoms with Crippen LogP contribution in [0.25, 0.3) is 6.08 Å². The van der Waals surface area contributed by atoms with Gasteiger partial charge in [0.2, 0.25) is 0 Å². The van der Waals surface area contributed by atoms with Crippen molar-refractivity contribution in [3.8, 4) is 5.75 Å². The van der Waals surface area contributed by atoms with Crippen LogP contribution in [0, 0.1) is 0 Å². The first-order chi connectivity index (χ1) is 12.8. The first kappa shape index (κ1) is 22.5. The third kappa shape index (κ3) is 4.27. The zero-order chi connectivity index (χ0) is 21.3. The lowest BCUT2D eigenvalue weighted by Crippen LogP contribution is -3.24. The zero-order valence-electron chi connectivity index (χ0n) is 15.2. The summed E-state index contributed by atoms with van der Waals surface area (Å²) in [7, 11) is 0. The first-order valence-electron chi connectivity index (χ1n) is 8.57. The van der Waals surface area contributed by atoms with E-state index in [-0.39, 0.29) is 0 Å². The van der Waals surface area contributed by atoms with Gasteiger partial charge in [0.05, 0.1) is 6.04 Å². The lowest BCUT2D eigenvalue weighted by Gasteiger charge is -2.36. The van der Waals surface area contributed by atoms with Crippen molar-refractivity contribution in [1.82, 2.24) is 0 Å². The molecular weight excluding hydrogens is 395 g/mol. The summed E-state index contributed by atoms with van der Waals surface area (Å²) in [5, 5.41) is 9.99. The average Bonchev–Trinajstić information content (AvgIpc) is 3.05. The predicted octanol–water partition coefficient (Wildman–Crippen LogP) is 3.08. The number of nitrogens with one attached hydrogen (secondary N) is 1. The van der Waals surface area contributed by atoms with E-state index in [9.17, 15) is 35.8 Å². The molecule has 10 heteroatoms. The maximum atomic E-state index is 14.0. The highest BCUT2D eigenvalue weighted by Gasteiger charge is 2.79. The van der Waals surface area contributed by atoms with Gasteiger partial charge >= 0.3 is 18.1 Å². The maximum Gasteiger partial charge on any atom is 0.467 e. The third-order valence-corrected chi connectivity index (χ3v) is 4.52. The Kier molecular flexibility index (Phi) is 6.34. The van der Waals surface area contributed by atoms with Gasteiger partial charge in [0, 0.05) is 5.56 Å². The molecule has 28 heavy (non-hydrogen) atoms. The highest BCUT2D eigenvalue weighted by atomic mass is 19.4. The minimum absolute atomic E-state index is 0.365. The summed E-state index contributed by atoms with van der Waals surface area (Å²) in [5.41, 5.74) is 1.70. The van der Waals surface area contributed by atoms with Crippen molar-refractivity contribution >= 4 is 6.08 Å². The fraction of sp³-hybridized carbons (Fsp3) is 0.556. The number of benzene rings is 1. The number of halogens is 7. The number of quaternary nitrogens is 1. The molecule has 0 radical (unpaired) electrons. The quantitative estimate of drug-likeness (QED) is 0.505. The van der Waals surface area contributed by atoms with Crippen LogP contribution in [0.4, 0.5) is 30.7 Å². The van der Waals surface area contributed by atoms with E-state index < -0.39 is 48.3 Å². The van der Waals surface area contributed by atoms with Gasteiger partial charge in [-0.3, -0.25) is 4.90 Å². The molecule has 1 aliphatic carbocycles. The molecule has 0 aliphatic heterocycles. The summed E-state index contributed by atoms with van der Waals surface area (Å²) < 4.78 is 97.5. The van der Waals surface area contributed by atoms with Crippen molar-refractivity contribution in [1.29, 1.82) is 0 Å². The molecule has 0 spiro atoms. The van der Waals surface area contributed by atoms with Gasteiger partial charge in [-0.1, -0.05) is 24.3 Å². The van der Waals surface area contributed by atoms with Gasteiger partial charge in [0.25, 0.3) is 0 Å². The molecule has 0 heterocycles. The first-order valence-corrected chi connectivity index (χ1v) is 8.57. The molecule has 3 nitrogen and oxygen atoms in total. The standard InChI is InChI=1S/C18H20F7NO2/c1-11(2)26(18(24,25)16(19,20)17(21,22)23)9-13(27)10-28-15-8-4-6-12-5-3-7-14(12)15/h3-4,6-8,11,13,27H,5,9-10H2,1-2H3/p+1. The van der Waals surface area contributed by atoms with Crippen LogP contribution in [-0.2, 0) is 6.42 Å². The van der Waals surface area contributed by atoms with E-state index in [0.717, 1.165) is 25.0 Å². The van der Waals surface area contributed by atoms with E-state index in [2.05, 4.69) is 0 Å². The Morgan fingerprint density at radius 2 is 1.75 bits per heavy atom. The Morgan fingerprint density at radius 3 is 2.32 bits per heavy atom. The Labute approximate surface area is 157 Å². The van der Waals surface area contributed by atoms with E-state index >= 15 is 0 Å². The van der Waals surface area contributed by atoms with Crippen molar-refractivity contribution in [3.05, 3.63) is 35.4 Å². The summed E-state index contributed by atoms with van der Waals surface area (Å²) in [6.45, 7) is 0.547. The topological polar surface area (TPSA) is 33.9 Å². The van der Waals surface area contributed by atoms with Crippen molar-refractivity contribution < 1.29 is 45.5 Å². The van der Waals surface area contributed by atoms with Crippen LogP contribution in [0.5, 0.6) is 5.75 Å². The maximum absolute atomic E-state index is 14.0. The molecule has 0 saturated heterocycles. The molecule has 2 rings (SSSR count). The lowest BCUT2D eigenvalue weighted by atomic mass is 10.1. The minimum atomic E-state index is -6.42. The number of aliphatic hydroxyl groups is 1. The molecule has 158 valence electrons. The summed E-state index contributed by atoms with van der Waals surface area (Å²) >= 11 is 0. The molecule has 0 fully saturated rings. The predicted molar refractivity (Wildman–Crippen MR) is 87.6 cm³/mol. The normalized spacial score (nSPS) is 17.0. The third-order valence-electron chi connectivity index (χ3n) is 4.52. The molecule has 1 aromatic carbocycles. The number of ether oxygens (including phenoxy) is 1. The van der Waals surface area contributed by atoms with Crippen molar-refractivity contribution in [3.63, 3.8) is 0 Å². The molecule has 1 aliphatic rings. The zero-order valence-corrected chi connectivity index (χ0v) is 15.2. The molecule has 1 aromatic rings. The molecule has 0 aromatic heterocycles. The number of alkyl halides is 7. The summed E-state index contributed by atoms with van der Waals surface area (Å²) in [5.74, 6) is -5.88. The van der Waals surface area contributed by atoms with Crippen LogP contribution >= 0.6 is 0 Å². The SMILES string of the molecule is CC(C)[NH+](CC(O)COc1cccc2c1C=CC2)C(F)(F)C(F)(F)C(F)(F)F. The summed E-state index contributed by atoms with van der Waals surface area (Å²) in [6.07, 6.45) is -3.78. The Hall–Kier alpha value is -1.81. The van der Waals surface area contributed by atoms with Crippen LogP contribution in [-0.4, -0.2) is 48.5 Å². The van der Waals surface area contributed by atoms with E-state index in [0.29, 0.717) is 12.2 Å². The monoisotopic (exact) mass is 416 g/mol. The number of rotatable bonds is 8. The second-order valence-electron chi connectivity index (χ2n) is 6.93. The number of hydrogen-bond acceptors (Lipinski definition) is 2. The fourth-order valence-electron chi connectivity index (χ4n) is 2.99. The second kappa shape index (κ2) is 7.90. The van der Waals surface area contributed by atoms with Crippen molar-refractivity contribution in [2.75, 3.05) is 13.2 Å². The summed E-state index contributed by atoms with van der Waals surface area (Å²) in [6, 6.07) is -1.65. The number of allylic oxidation sites excluding steroid dienone is 1. The molecule has 0 saturated carbocycles. The van der Waals surface area contributed by atoms with Gasteiger partial charge in [-0.15, -0.1) is 8.78 Å². The van der Waals surface area contributed by atoms with Gasteiger partial charge < -0.3 is 9.84 Å². The van der Waals surface area contributed by atoms with E-state index in [4.69, 9.17) is 4.74 Å².